The largest absolute Gasteiger partial charge is 0.444 e. The summed E-state index contributed by atoms with van der Waals surface area (Å²) in [5.41, 5.74) is 0.203. The number of nitrogens with zero attached hydrogens (tertiary/aromatic N) is 1. The van der Waals surface area contributed by atoms with Crippen molar-refractivity contribution in [2.24, 2.45) is 5.92 Å². The predicted molar refractivity (Wildman–Crippen MR) is 93.4 cm³/mol. The van der Waals surface area contributed by atoms with Crippen LogP contribution < -0.4 is 10.6 Å². The fraction of sp³-hybridized carbons (Fsp3) is 0.647. The van der Waals surface area contributed by atoms with Crippen LogP contribution in [0.2, 0.25) is 0 Å². The molecule has 1 rings (SSSR count). The van der Waals surface area contributed by atoms with Gasteiger partial charge in [0.15, 0.2) is 0 Å². The first kappa shape index (κ1) is 19.5. The molecule has 128 valence electrons. The van der Waals surface area contributed by atoms with Gasteiger partial charge in [-0.2, -0.15) is 5.26 Å². The van der Waals surface area contributed by atoms with E-state index in [9.17, 15) is 4.79 Å². The number of carbonyl (C=O) groups is 1. The second-order valence-electron chi connectivity index (χ2n) is 7.00. The van der Waals surface area contributed by atoms with E-state index in [1.54, 1.807) is 11.3 Å². The lowest BCUT2D eigenvalue weighted by Crippen LogP contribution is -2.43. The third kappa shape index (κ3) is 8.58. The number of alkyl carbamates (subject to hydrolysis) is 1. The van der Waals surface area contributed by atoms with Gasteiger partial charge in [-0.1, -0.05) is 13.8 Å². The van der Waals surface area contributed by atoms with Crippen molar-refractivity contribution < 1.29 is 9.53 Å². The molecule has 1 atom stereocenters. The van der Waals surface area contributed by atoms with E-state index in [1.807, 2.05) is 32.2 Å². The number of nitriles is 1. The zero-order valence-corrected chi connectivity index (χ0v) is 15.4. The summed E-state index contributed by atoms with van der Waals surface area (Å²) in [6.07, 6.45) is 0.558. The fourth-order valence-electron chi connectivity index (χ4n) is 2.11. The molecular weight excluding hydrogens is 310 g/mol. The van der Waals surface area contributed by atoms with Crippen molar-refractivity contribution in [3.05, 3.63) is 21.9 Å². The van der Waals surface area contributed by atoms with Gasteiger partial charge < -0.3 is 15.4 Å². The van der Waals surface area contributed by atoms with Gasteiger partial charge in [0.1, 0.15) is 11.7 Å². The molecule has 0 aliphatic rings. The standard InChI is InChI=1S/C17H27N3O2S/c1-12(2)6-14(9-20-16(21)22-17(3,4)5)19-10-15-7-13(8-18)11-23-15/h7,11-12,14,19H,6,9-10H2,1-5H3,(H,20,21). The fourth-order valence-corrected chi connectivity index (χ4v) is 2.87. The van der Waals surface area contributed by atoms with Crippen LogP contribution in [0.1, 0.15) is 51.5 Å². The van der Waals surface area contributed by atoms with Crippen LogP contribution in [0.5, 0.6) is 0 Å². The molecule has 1 aromatic heterocycles. The first-order valence-corrected chi connectivity index (χ1v) is 8.75. The maximum absolute atomic E-state index is 11.8. The highest BCUT2D eigenvalue weighted by Crippen LogP contribution is 2.14. The Balaban J connectivity index is 2.49. The van der Waals surface area contributed by atoms with Gasteiger partial charge in [-0.05, 0) is 39.2 Å². The molecule has 1 amide bonds. The van der Waals surface area contributed by atoms with Crippen molar-refractivity contribution in [2.75, 3.05) is 6.54 Å². The van der Waals surface area contributed by atoms with Crippen molar-refractivity contribution >= 4 is 17.4 Å². The zero-order valence-electron chi connectivity index (χ0n) is 14.6. The maximum Gasteiger partial charge on any atom is 0.407 e. The molecular formula is C17H27N3O2S. The highest BCUT2D eigenvalue weighted by Gasteiger charge is 2.18. The molecule has 1 aromatic rings. The van der Waals surface area contributed by atoms with Gasteiger partial charge in [-0.15, -0.1) is 11.3 Å². The molecule has 0 bridgehead atoms. The summed E-state index contributed by atoms with van der Waals surface area (Å²) in [5.74, 6) is 0.519. The Kier molecular flexibility index (Phi) is 7.53. The molecule has 0 aromatic carbocycles. The smallest absolute Gasteiger partial charge is 0.407 e. The number of hydrogen-bond donors (Lipinski definition) is 2. The molecule has 0 aliphatic heterocycles. The minimum absolute atomic E-state index is 0.162. The molecule has 23 heavy (non-hydrogen) atoms. The minimum Gasteiger partial charge on any atom is -0.444 e. The normalized spacial score (nSPS) is 12.7. The lowest BCUT2D eigenvalue weighted by atomic mass is 10.0. The molecule has 1 heterocycles. The Morgan fingerprint density at radius 2 is 2.13 bits per heavy atom. The van der Waals surface area contributed by atoms with Crippen LogP contribution in [0.4, 0.5) is 4.79 Å². The van der Waals surface area contributed by atoms with E-state index in [1.165, 1.54) is 0 Å². The van der Waals surface area contributed by atoms with E-state index in [4.69, 9.17) is 10.00 Å². The molecule has 2 N–H and O–H groups in total. The second kappa shape index (κ2) is 8.90. The lowest BCUT2D eigenvalue weighted by Gasteiger charge is -2.23. The number of ether oxygens (including phenoxy) is 1. The van der Waals surface area contributed by atoms with Gasteiger partial charge >= 0.3 is 6.09 Å². The van der Waals surface area contributed by atoms with E-state index >= 15 is 0 Å². The maximum atomic E-state index is 11.8. The van der Waals surface area contributed by atoms with Gasteiger partial charge in [0.05, 0.1) is 5.56 Å². The topological polar surface area (TPSA) is 74.2 Å². The van der Waals surface area contributed by atoms with E-state index in [0.717, 1.165) is 11.3 Å². The van der Waals surface area contributed by atoms with E-state index in [0.29, 0.717) is 24.6 Å². The van der Waals surface area contributed by atoms with Crippen LogP contribution in [0.25, 0.3) is 0 Å². The molecule has 0 fully saturated rings. The van der Waals surface area contributed by atoms with Crippen LogP contribution in [-0.2, 0) is 11.3 Å². The molecule has 0 radical (unpaired) electrons. The highest BCUT2D eigenvalue weighted by atomic mass is 32.1. The van der Waals surface area contributed by atoms with Crippen LogP contribution in [0.3, 0.4) is 0 Å². The number of thiophene rings is 1. The molecule has 0 aliphatic carbocycles. The molecule has 6 heteroatoms. The van der Waals surface area contributed by atoms with Crippen molar-refractivity contribution in [1.82, 2.24) is 10.6 Å². The Morgan fingerprint density at radius 3 is 2.65 bits per heavy atom. The number of nitrogens with one attached hydrogen (secondary N) is 2. The average Bonchev–Trinajstić information content (AvgIpc) is 2.87. The van der Waals surface area contributed by atoms with Crippen molar-refractivity contribution in [1.29, 1.82) is 5.26 Å². The van der Waals surface area contributed by atoms with Gasteiger partial charge in [-0.25, -0.2) is 4.79 Å². The Labute approximate surface area is 143 Å². The Hall–Kier alpha value is -1.58. The number of amides is 1. The SMILES string of the molecule is CC(C)CC(CNC(=O)OC(C)(C)C)NCc1cc(C#N)cs1. The molecule has 5 nitrogen and oxygen atoms in total. The van der Waals surface area contributed by atoms with Crippen LogP contribution >= 0.6 is 11.3 Å². The van der Waals surface area contributed by atoms with Crippen LogP contribution in [0.15, 0.2) is 11.4 Å². The molecule has 0 saturated heterocycles. The van der Waals surface area contributed by atoms with Gasteiger partial charge in [0.25, 0.3) is 0 Å². The summed E-state index contributed by atoms with van der Waals surface area (Å²) < 4.78 is 5.26. The monoisotopic (exact) mass is 337 g/mol. The third-order valence-corrected chi connectivity index (χ3v) is 3.93. The first-order chi connectivity index (χ1) is 10.7. The van der Waals surface area contributed by atoms with Crippen LogP contribution in [0, 0.1) is 17.2 Å². The van der Waals surface area contributed by atoms with Crippen molar-refractivity contribution in [3.63, 3.8) is 0 Å². The van der Waals surface area contributed by atoms with Gasteiger partial charge in [-0.3, -0.25) is 0 Å². The summed E-state index contributed by atoms with van der Waals surface area (Å²) in [5, 5.41) is 17.0. The third-order valence-electron chi connectivity index (χ3n) is 3.00. The minimum atomic E-state index is -0.490. The number of rotatable bonds is 7. The quantitative estimate of drug-likeness (QED) is 0.796. The zero-order chi connectivity index (χ0) is 17.5. The number of carbonyl (C=O) groups excluding carboxylic acids is 1. The summed E-state index contributed by atoms with van der Waals surface area (Å²) >= 11 is 1.57. The number of hydrogen-bond acceptors (Lipinski definition) is 5. The van der Waals surface area contributed by atoms with Crippen LogP contribution in [-0.4, -0.2) is 24.3 Å². The summed E-state index contributed by atoms with van der Waals surface area (Å²) in [7, 11) is 0. The molecule has 0 saturated carbocycles. The highest BCUT2D eigenvalue weighted by molar-refractivity contribution is 7.10. The Morgan fingerprint density at radius 1 is 1.43 bits per heavy atom. The summed E-state index contributed by atoms with van der Waals surface area (Å²) in [4.78, 5) is 12.9. The second-order valence-corrected chi connectivity index (χ2v) is 8.00. The average molecular weight is 337 g/mol. The molecule has 1 unspecified atom stereocenters. The molecule has 0 spiro atoms. The van der Waals surface area contributed by atoms with E-state index in [-0.39, 0.29) is 6.04 Å². The lowest BCUT2D eigenvalue weighted by molar-refractivity contribution is 0.0521. The van der Waals surface area contributed by atoms with Gasteiger partial charge in [0, 0.05) is 29.4 Å². The van der Waals surface area contributed by atoms with E-state index in [2.05, 4.69) is 30.6 Å². The van der Waals surface area contributed by atoms with Crippen molar-refractivity contribution in [2.45, 2.75) is 59.2 Å². The first-order valence-electron chi connectivity index (χ1n) is 7.87. The summed E-state index contributed by atoms with van der Waals surface area (Å²) in [6, 6.07) is 4.19. The van der Waals surface area contributed by atoms with Crippen molar-refractivity contribution in [3.8, 4) is 6.07 Å². The van der Waals surface area contributed by atoms with Gasteiger partial charge in [0.2, 0.25) is 0 Å². The predicted octanol–water partition coefficient (Wildman–Crippen LogP) is 3.65. The van der Waals surface area contributed by atoms with E-state index < -0.39 is 11.7 Å². The Bertz CT molecular complexity index is 541. The summed E-state index contributed by atoms with van der Waals surface area (Å²) in [6.45, 7) is 11.1.